The normalized spacial score (nSPS) is 10.8. The SMILES string of the molecule is CN=C(NCCCCn1cnnc1)NCc1ccc(OC)cc1.I. The Bertz CT molecular complexity index is 585. The van der Waals surface area contributed by atoms with E-state index >= 15 is 0 Å². The summed E-state index contributed by atoms with van der Waals surface area (Å²) in [6.45, 7) is 2.54. The largest absolute Gasteiger partial charge is 0.497 e. The Balaban J connectivity index is 0.00000288. The molecular weight excluding hydrogens is 419 g/mol. The van der Waals surface area contributed by atoms with Crippen molar-refractivity contribution in [2.75, 3.05) is 20.7 Å². The summed E-state index contributed by atoms with van der Waals surface area (Å²) in [4.78, 5) is 4.23. The van der Waals surface area contributed by atoms with E-state index in [0.29, 0.717) is 0 Å². The number of nitrogens with zero attached hydrogens (tertiary/aromatic N) is 4. The fourth-order valence-electron chi connectivity index (χ4n) is 2.11. The molecule has 0 aliphatic heterocycles. The third kappa shape index (κ3) is 7.16. The van der Waals surface area contributed by atoms with Crippen molar-refractivity contribution >= 4 is 29.9 Å². The molecule has 1 aromatic carbocycles. The van der Waals surface area contributed by atoms with Crippen LogP contribution >= 0.6 is 24.0 Å². The quantitative estimate of drug-likeness (QED) is 0.282. The van der Waals surface area contributed by atoms with Crippen LogP contribution in [0.2, 0.25) is 0 Å². The number of rotatable bonds is 8. The highest BCUT2D eigenvalue weighted by Crippen LogP contribution is 2.10. The van der Waals surface area contributed by atoms with E-state index in [1.165, 1.54) is 5.56 Å². The molecule has 0 saturated heterocycles. The monoisotopic (exact) mass is 444 g/mol. The molecule has 2 aromatic rings. The lowest BCUT2D eigenvalue weighted by Gasteiger charge is -2.12. The predicted molar refractivity (Wildman–Crippen MR) is 106 cm³/mol. The van der Waals surface area contributed by atoms with E-state index in [1.54, 1.807) is 26.8 Å². The second-order valence-electron chi connectivity index (χ2n) is 5.11. The summed E-state index contributed by atoms with van der Waals surface area (Å²) in [5, 5.41) is 14.2. The molecule has 0 aliphatic carbocycles. The fraction of sp³-hybridized carbons (Fsp3) is 0.438. The number of benzene rings is 1. The lowest BCUT2D eigenvalue weighted by atomic mass is 10.2. The Morgan fingerprint density at radius 2 is 1.83 bits per heavy atom. The fourth-order valence-corrected chi connectivity index (χ4v) is 2.11. The Hall–Kier alpha value is -1.84. The number of aryl methyl sites for hydroxylation is 1. The van der Waals surface area contributed by atoms with E-state index in [9.17, 15) is 0 Å². The van der Waals surface area contributed by atoms with Crippen molar-refractivity contribution in [2.45, 2.75) is 25.9 Å². The van der Waals surface area contributed by atoms with Gasteiger partial charge in [-0.2, -0.15) is 0 Å². The van der Waals surface area contributed by atoms with Gasteiger partial charge in [-0.25, -0.2) is 0 Å². The Kier molecular flexibility index (Phi) is 9.81. The van der Waals surface area contributed by atoms with Crippen molar-refractivity contribution in [3.8, 4) is 5.75 Å². The van der Waals surface area contributed by atoms with Gasteiger partial charge in [0.1, 0.15) is 18.4 Å². The number of hydrogen-bond donors (Lipinski definition) is 2. The van der Waals surface area contributed by atoms with Gasteiger partial charge in [0.15, 0.2) is 5.96 Å². The summed E-state index contributed by atoms with van der Waals surface area (Å²) < 4.78 is 7.14. The second kappa shape index (κ2) is 11.7. The summed E-state index contributed by atoms with van der Waals surface area (Å²) in [6, 6.07) is 7.99. The highest BCUT2D eigenvalue weighted by Gasteiger charge is 1.99. The van der Waals surface area contributed by atoms with Crippen molar-refractivity contribution in [3.63, 3.8) is 0 Å². The molecule has 0 radical (unpaired) electrons. The highest BCUT2D eigenvalue weighted by atomic mass is 127. The Labute approximate surface area is 159 Å². The van der Waals surface area contributed by atoms with Crippen molar-refractivity contribution in [3.05, 3.63) is 42.5 Å². The summed E-state index contributed by atoms with van der Waals surface area (Å²) >= 11 is 0. The first-order valence-corrected chi connectivity index (χ1v) is 7.71. The molecule has 2 rings (SSSR count). The number of hydrogen-bond acceptors (Lipinski definition) is 4. The Morgan fingerprint density at radius 1 is 1.12 bits per heavy atom. The van der Waals surface area contributed by atoms with E-state index in [-0.39, 0.29) is 24.0 Å². The summed E-state index contributed by atoms with van der Waals surface area (Å²) in [5.41, 5.74) is 1.18. The van der Waals surface area contributed by atoms with Crippen molar-refractivity contribution in [2.24, 2.45) is 4.99 Å². The molecule has 0 aliphatic rings. The third-order valence-corrected chi connectivity index (χ3v) is 3.44. The van der Waals surface area contributed by atoms with Crippen LogP contribution in [0.5, 0.6) is 5.75 Å². The number of halogens is 1. The maximum atomic E-state index is 5.15. The van der Waals surface area contributed by atoms with Crippen LogP contribution in [0.25, 0.3) is 0 Å². The summed E-state index contributed by atoms with van der Waals surface area (Å²) in [6.07, 6.45) is 5.60. The van der Waals surface area contributed by atoms with Gasteiger partial charge in [0.2, 0.25) is 0 Å². The second-order valence-corrected chi connectivity index (χ2v) is 5.11. The van der Waals surface area contributed by atoms with Crippen molar-refractivity contribution < 1.29 is 4.74 Å². The van der Waals surface area contributed by atoms with Crippen LogP contribution in [0.15, 0.2) is 41.9 Å². The van der Waals surface area contributed by atoms with Gasteiger partial charge in [0, 0.05) is 26.7 Å². The average Bonchev–Trinajstić information content (AvgIpc) is 3.11. The molecule has 132 valence electrons. The minimum Gasteiger partial charge on any atom is -0.497 e. The molecule has 24 heavy (non-hydrogen) atoms. The molecule has 1 aromatic heterocycles. The van der Waals surface area contributed by atoms with Gasteiger partial charge in [-0.1, -0.05) is 12.1 Å². The van der Waals surface area contributed by atoms with Gasteiger partial charge < -0.3 is 19.9 Å². The van der Waals surface area contributed by atoms with E-state index in [1.807, 2.05) is 28.8 Å². The number of aliphatic imine (C=N–C) groups is 1. The van der Waals surface area contributed by atoms with Gasteiger partial charge >= 0.3 is 0 Å². The molecule has 0 spiro atoms. The van der Waals surface area contributed by atoms with Crippen LogP contribution in [-0.2, 0) is 13.1 Å². The van der Waals surface area contributed by atoms with Gasteiger partial charge in [0.05, 0.1) is 7.11 Å². The van der Waals surface area contributed by atoms with Gasteiger partial charge in [-0.3, -0.25) is 4.99 Å². The number of nitrogens with one attached hydrogen (secondary N) is 2. The first-order chi connectivity index (χ1) is 11.3. The van der Waals surface area contributed by atoms with E-state index < -0.39 is 0 Å². The topological polar surface area (TPSA) is 76.4 Å². The van der Waals surface area contributed by atoms with Crippen LogP contribution < -0.4 is 15.4 Å². The molecule has 1 heterocycles. The van der Waals surface area contributed by atoms with Crippen LogP contribution in [0.4, 0.5) is 0 Å². The molecule has 0 bridgehead atoms. The van der Waals surface area contributed by atoms with Crippen LogP contribution in [-0.4, -0.2) is 41.4 Å². The molecule has 0 unspecified atom stereocenters. The summed E-state index contributed by atoms with van der Waals surface area (Å²) in [5.74, 6) is 1.68. The number of ether oxygens (including phenoxy) is 1. The maximum absolute atomic E-state index is 5.15. The summed E-state index contributed by atoms with van der Waals surface area (Å²) in [7, 11) is 3.45. The molecule has 0 saturated carbocycles. The molecular formula is C16H25IN6O. The van der Waals surface area contributed by atoms with E-state index in [2.05, 4.69) is 25.8 Å². The third-order valence-electron chi connectivity index (χ3n) is 3.44. The van der Waals surface area contributed by atoms with Crippen molar-refractivity contribution in [1.82, 2.24) is 25.4 Å². The number of guanidine groups is 1. The number of aromatic nitrogens is 3. The van der Waals surface area contributed by atoms with Crippen LogP contribution in [0.3, 0.4) is 0 Å². The molecule has 8 heteroatoms. The molecule has 2 N–H and O–H groups in total. The number of methoxy groups -OCH3 is 1. The van der Waals surface area contributed by atoms with Crippen LogP contribution in [0.1, 0.15) is 18.4 Å². The average molecular weight is 444 g/mol. The lowest BCUT2D eigenvalue weighted by molar-refractivity contribution is 0.414. The number of unbranched alkanes of at least 4 members (excludes halogenated alkanes) is 1. The van der Waals surface area contributed by atoms with Gasteiger partial charge in [-0.15, -0.1) is 34.2 Å². The minimum absolute atomic E-state index is 0. The first-order valence-electron chi connectivity index (χ1n) is 7.71. The first kappa shape index (κ1) is 20.2. The van der Waals surface area contributed by atoms with E-state index in [0.717, 1.165) is 44.2 Å². The smallest absolute Gasteiger partial charge is 0.191 e. The lowest BCUT2D eigenvalue weighted by Crippen LogP contribution is -2.37. The Morgan fingerprint density at radius 3 is 2.46 bits per heavy atom. The maximum Gasteiger partial charge on any atom is 0.191 e. The van der Waals surface area contributed by atoms with E-state index in [4.69, 9.17) is 4.74 Å². The zero-order valence-corrected chi connectivity index (χ0v) is 16.4. The molecule has 0 atom stereocenters. The zero-order valence-electron chi connectivity index (χ0n) is 14.1. The van der Waals surface area contributed by atoms with Crippen molar-refractivity contribution in [1.29, 1.82) is 0 Å². The highest BCUT2D eigenvalue weighted by molar-refractivity contribution is 14.0. The molecule has 0 amide bonds. The molecule has 0 fully saturated rings. The van der Waals surface area contributed by atoms with Gasteiger partial charge in [-0.05, 0) is 30.5 Å². The van der Waals surface area contributed by atoms with Gasteiger partial charge in [0.25, 0.3) is 0 Å². The standard InChI is InChI=1S/C16H24N6O.HI/c1-17-16(18-9-3-4-10-22-12-20-21-13-22)19-11-14-5-7-15(23-2)8-6-14;/h5-8,12-13H,3-4,9-11H2,1-2H3,(H2,17,18,19);1H. The molecule has 7 nitrogen and oxygen atoms in total. The zero-order chi connectivity index (χ0) is 16.3. The minimum atomic E-state index is 0. The predicted octanol–water partition coefficient (Wildman–Crippen LogP) is 2.05. The van der Waals surface area contributed by atoms with Crippen LogP contribution in [0, 0.1) is 0 Å².